The Morgan fingerprint density at radius 1 is 0.756 bits per heavy atom. The van der Waals surface area contributed by atoms with Crippen LogP contribution in [0.3, 0.4) is 0 Å². The molecule has 0 atom stereocenters. The monoisotopic (exact) mass is 825 g/mol. The van der Waals surface area contributed by atoms with Gasteiger partial charge in [-0.15, -0.1) is 0 Å². The Balaban J connectivity index is 0.000000260. The standard InChI is InChI=1S/C16H23N2.C8HCl4NO2.C7H7.Bi/c1-15(2,3)17-11-13-8-7-9-14(10-13)12-18-16(4,5)6;9-3-1-2(8(15)13-7(1)14)4(10)6(12)5(3)11;1-7-5-3-2-4-6-7;/h7-9,11-12H,1-6H3;(H,13,14,15);2-6H,1H2;/q;;;+1/p-1. The van der Waals surface area contributed by atoms with Gasteiger partial charge in [0, 0.05) is 11.5 Å². The van der Waals surface area contributed by atoms with E-state index >= 15 is 0 Å². The Bertz CT molecular complexity index is 1480. The molecule has 3 aromatic rings. The second-order valence-electron chi connectivity index (χ2n) is 11.2. The van der Waals surface area contributed by atoms with Crippen LogP contribution >= 0.6 is 46.4 Å². The zero-order chi connectivity index (χ0) is 30.5. The Morgan fingerprint density at radius 2 is 1.24 bits per heavy atom. The maximum absolute atomic E-state index is 11.3. The first-order valence-electron chi connectivity index (χ1n) is 12.7. The summed E-state index contributed by atoms with van der Waals surface area (Å²) in [6.07, 6.45) is 4.14. The van der Waals surface area contributed by atoms with Gasteiger partial charge in [-0.25, -0.2) is 4.99 Å². The number of carbonyl (C=O) groups is 1. The summed E-state index contributed by atoms with van der Waals surface area (Å²) in [6.45, 7) is 12.8. The average molecular weight is 827 g/mol. The minimum atomic E-state index is -0.914. The van der Waals surface area contributed by atoms with Crippen molar-refractivity contribution in [2.75, 3.05) is 0 Å². The molecule has 4 rings (SSSR count). The number of nitrogens with zero attached hydrogens (tertiary/aromatic N) is 3. The van der Waals surface area contributed by atoms with Crippen LogP contribution in [0.25, 0.3) is 0 Å². The summed E-state index contributed by atoms with van der Waals surface area (Å²) in [7, 11) is 0. The van der Waals surface area contributed by atoms with E-state index in [9.17, 15) is 9.90 Å². The van der Waals surface area contributed by atoms with E-state index in [1.54, 1.807) is 0 Å². The van der Waals surface area contributed by atoms with Crippen molar-refractivity contribution in [3.05, 3.63) is 96.4 Å². The Labute approximate surface area is 273 Å². The number of amides is 1. The molecule has 214 valence electrons. The largest absolute Gasteiger partial charge is 0.858 e. The van der Waals surface area contributed by atoms with Gasteiger partial charge in [-0.1, -0.05) is 46.4 Å². The number of hydrogen-bond donors (Lipinski definition) is 0. The smallest absolute Gasteiger partial charge is 0.278 e. The summed E-state index contributed by atoms with van der Waals surface area (Å²) in [4.78, 5) is 24.0. The summed E-state index contributed by atoms with van der Waals surface area (Å²) < 4.78 is 2.69. The first kappa shape index (κ1) is 33.7. The van der Waals surface area contributed by atoms with Crippen LogP contribution < -0.4 is 8.38 Å². The van der Waals surface area contributed by atoms with E-state index in [1.807, 2.05) is 0 Å². The number of aliphatic imine (C=N–C) groups is 3. The number of benzene rings is 3. The van der Waals surface area contributed by atoms with E-state index in [1.165, 1.54) is 24.1 Å². The van der Waals surface area contributed by atoms with Gasteiger partial charge in [0.1, 0.15) is 0 Å². The van der Waals surface area contributed by atoms with Crippen LogP contribution in [0, 0.1) is 0 Å². The molecule has 5 nitrogen and oxygen atoms in total. The molecule has 1 heterocycles. The van der Waals surface area contributed by atoms with Crippen molar-refractivity contribution in [1.82, 2.24) is 0 Å². The summed E-state index contributed by atoms with van der Waals surface area (Å²) in [6, 6.07) is 17.3. The topological polar surface area (TPSA) is 77.2 Å². The second-order valence-corrected chi connectivity index (χ2v) is 16.9. The Kier molecular flexibility index (Phi) is 11.6. The van der Waals surface area contributed by atoms with Crippen LogP contribution in [0.2, 0.25) is 20.1 Å². The third-order valence-electron chi connectivity index (χ3n) is 5.44. The van der Waals surface area contributed by atoms with E-state index in [-0.39, 0.29) is 42.3 Å². The first-order chi connectivity index (χ1) is 19.1. The third kappa shape index (κ3) is 9.33. The zero-order valence-electron chi connectivity index (χ0n) is 23.6. The van der Waals surface area contributed by atoms with Gasteiger partial charge in [0.2, 0.25) is 0 Å². The molecule has 0 aromatic heterocycles. The van der Waals surface area contributed by atoms with Crippen LogP contribution in [0.1, 0.15) is 74.2 Å². The predicted octanol–water partition coefficient (Wildman–Crippen LogP) is 7.21. The van der Waals surface area contributed by atoms with Crippen LogP contribution in [0.5, 0.6) is 0 Å². The van der Waals surface area contributed by atoms with Crippen molar-refractivity contribution in [3.63, 3.8) is 0 Å². The first-order valence-corrected chi connectivity index (χ1v) is 18.4. The maximum Gasteiger partial charge on any atom is 0.278 e. The van der Waals surface area contributed by atoms with Crippen molar-refractivity contribution in [2.24, 2.45) is 15.0 Å². The Hall–Kier alpha value is -1.82. The van der Waals surface area contributed by atoms with Crippen molar-refractivity contribution >= 4 is 97.1 Å². The van der Waals surface area contributed by atoms with Crippen LogP contribution in [0.15, 0.2) is 63.5 Å². The van der Waals surface area contributed by atoms with Gasteiger partial charge in [0.25, 0.3) is 5.91 Å². The van der Waals surface area contributed by atoms with E-state index in [0.29, 0.717) is 0 Å². The minimum absolute atomic E-state index is 0.0552. The van der Waals surface area contributed by atoms with Gasteiger partial charge in [-0.2, -0.15) is 0 Å². The molecule has 1 aliphatic rings. The van der Waals surface area contributed by atoms with E-state index in [4.69, 9.17) is 56.4 Å². The normalized spacial score (nSPS) is 13.4. The minimum Gasteiger partial charge on any atom is -0.858 e. The fourth-order valence-electron chi connectivity index (χ4n) is 3.49. The third-order valence-corrected chi connectivity index (χ3v) is 12.5. The molecule has 10 heteroatoms. The maximum atomic E-state index is 11.3. The molecule has 41 heavy (non-hydrogen) atoms. The summed E-state index contributed by atoms with van der Waals surface area (Å²) in [5, 5.41) is 11.0. The number of fused-ring (bicyclic) bond motifs is 1. The molecule has 0 N–H and O–H groups in total. The fourth-order valence-corrected chi connectivity index (χ4v) is 9.09. The molecule has 0 unspecified atom stereocenters. The molecule has 0 saturated heterocycles. The van der Waals surface area contributed by atoms with E-state index < -0.39 is 35.0 Å². The molecule has 0 fully saturated rings. The number of carbonyl (C=O) groups excluding carboxylic acids is 1. The van der Waals surface area contributed by atoms with Gasteiger partial charge in [0.15, 0.2) is 0 Å². The second kappa shape index (κ2) is 14.1. The summed E-state index contributed by atoms with van der Waals surface area (Å²) in [5.74, 6) is -1.50. The quantitative estimate of drug-likeness (QED) is 0.118. The number of rotatable bonds is 5. The van der Waals surface area contributed by atoms with Crippen molar-refractivity contribution in [2.45, 2.75) is 56.7 Å². The molecule has 0 bridgehead atoms. The van der Waals surface area contributed by atoms with Gasteiger partial charge >= 0.3 is 171 Å². The predicted molar refractivity (Wildman–Crippen MR) is 174 cm³/mol. The van der Waals surface area contributed by atoms with Gasteiger partial charge < -0.3 is 5.11 Å². The van der Waals surface area contributed by atoms with E-state index in [2.05, 4.69) is 107 Å². The van der Waals surface area contributed by atoms with Crippen molar-refractivity contribution in [1.29, 1.82) is 0 Å². The molecule has 2 radical (unpaired) electrons. The molecular formula is C31H30BiCl4N3O2. The van der Waals surface area contributed by atoms with Crippen LogP contribution in [-0.4, -0.2) is 58.5 Å². The van der Waals surface area contributed by atoms with Crippen LogP contribution in [0.4, 0.5) is 0 Å². The van der Waals surface area contributed by atoms with Crippen molar-refractivity contribution in [3.8, 4) is 0 Å². The van der Waals surface area contributed by atoms with Crippen molar-refractivity contribution < 1.29 is 9.90 Å². The molecular weight excluding hydrogens is 797 g/mol. The number of halogens is 4. The summed E-state index contributed by atoms with van der Waals surface area (Å²) >= 11 is 22.1. The van der Waals surface area contributed by atoms with Gasteiger partial charge in [-0.3, -0.25) is 4.79 Å². The molecule has 1 amide bonds. The van der Waals surface area contributed by atoms with Crippen LogP contribution in [-0.2, 0) is 4.13 Å². The van der Waals surface area contributed by atoms with Gasteiger partial charge in [-0.05, 0) is 0 Å². The molecule has 0 saturated carbocycles. The molecule has 0 aliphatic carbocycles. The molecule has 3 aromatic carbocycles. The summed E-state index contributed by atoms with van der Waals surface area (Å²) in [5.41, 5.74) is 3.69. The SMILES string of the molecule is CC(C)(C)N=Cc1cccc(C=NC(C)(C)C)[c]1[Bi+][CH2]c1ccccc1.O=C1N=C([O-])c2c(Cl)c(Cl)c(Cl)c(Cl)c21. The van der Waals surface area contributed by atoms with E-state index in [0.717, 1.165) is 0 Å². The van der Waals surface area contributed by atoms with Gasteiger partial charge in [0.05, 0.1) is 25.7 Å². The number of hydrogen-bond acceptors (Lipinski definition) is 4. The molecule has 0 spiro atoms. The Morgan fingerprint density at radius 3 is 1.73 bits per heavy atom. The zero-order valence-corrected chi connectivity index (χ0v) is 30.1. The molecule has 1 aliphatic heterocycles. The fraction of sp³-hybridized carbons (Fsp3) is 0.290. The average Bonchev–Trinajstić information content (AvgIpc) is 3.21.